The molecule has 0 aromatic carbocycles. The topological polar surface area (TPSA) is 53.9 Å². The Hall–Kier alpha value is -2.08. The van der Waals surface area contributed by atoms with Gasteiger partial charge in [0.1, 0.15) is 18.0 Å². The van der Waals surface area contributed by atoms with Crippen LogP contribution in [0.1, 0.15) is 18.4 Å². The van der Waals surface area contributed by atoms with Gasteiger partial charge in [-0.2, -0.15) is 0 Å². The summed E-state index contributed by atoms with van der Waals surface area (Å²) in [4.78, 5) is 14.2. The second-order valence-corrected chi connectivity index (χ2v) is 5.28. The molecule has 110 valence electrons. The number of anilines is 1. The van der Waals surface area contributed by atoms with Gasteiger partial charge in [0.25, 0.3) is 0 Å². The van der Waals surface area contributed by atoms with Gasteiger partial charge in [0.15, 0.2) is 0 Å². The average Bonchev–Trinajstić information content (AvgIpc) is 2.51. The Morgan fingerprint density at radius 1 is 1.29 bits per heavy atom. The summed E-state index contributed by atoms with van der Waals surface area (Å²) in [7, 11) is 0. The molecule has 3 rings (SSSR count). The number of nitrogens with one attached hydrogen (secondary N) is 1. The summed E-state index contributed by atoms with van der Waals surface area (Å²) in [6, 6.07) is 3.94. The largest absolute Gasteiger partial charge is 0.366 e. The lowest BCUT2D eigenvalue weighted by Gasteiger charge is -2.33. The SMILES string of the molecule is Fc1cnccc1CN1CCCC(Nc2ccncn2)C1. The van der Waals surface area contributed by atoms with Crippen molar-refractivity contribution in [2.75, 3.05) is 18.4 Å². The molecule has 0 radical (unpaired) electrons. The van der Waals surface area contributed by atoms with Gasteiger partial charge in [-0.3, -0.25) is 9.88 Å². The second kappa shape index (κ2) is 6.58. The number of nitrogens with zero attached hydrogens (tertiary/aromatic N) is 4. The lowest BCUT2D eigenvalue weighted by atomic mass is 10.0. The fraction of sp³-hybridized carbons (Fsp3) is 0.400. The maximum absolute atomic E-state index is 13.7. The zero-order valence-electron chi connectivity index (χ0n) is 11.7. The number of rotatable bonds is 4. The summed E-state index contributed by atoms with van der Waals surface area (Å²) in [5.74, 6) is 0.607. The normalized spacial score (nSPS) is 19.4. The van der Waals surface area contributed by atoms with E-state index in [1.165, 1.54) is 12.5 Å². The van der Waals surface area contributed by atoms with E-state index in [1.54, 1.807) is 18.5 Å². The lowest BCUT2D eigenvalue weighted by Crippen LogP contribution is -2.41. The molecule has 3 heterocycles. The van der Waals surface area contributed by atoms with Crippen LogP contribution in [-0.2, 0) is 6.54 Å². The number of piperidine rings is 1. The molecule has 1 N–H and O–H groups in total. The first-order chi connectivity index (χ1) is 10.3. The minimum atomic E-state index is -0.233. The molecule has 2 aromatic rings. The monoisotopic (exact) mass is 287 g/mol. The molecule has 2 aromatic heterocycles. The van der Waals surface area contributed by atoms with E-state index in [4.69, 9.17) is 0 Å². The highest BCUT2D eigenvalue weighted by Crippen LogP contribution is 2.17. The fourth-order valence-electron chi connectivity index (χ4n) is 2.68. The lowest BCUT2D eigenvalue weighted by molar-refractivity contribution is 0.206. The van der Waals surface area contributed by atoms with Gasteiger partial charge < -0.3 is 5.32 Å². The van der Waals surface area contributed by atoms with Crippen LogP contribution in [0, 0.1) is 5.82 Å². The van der Waals surface area contributed by atoms with Crippen LogP contribution in [0.15, 0.2) is 37.1 Å². The van der Waals surface area contributed by atoms with Crippen LogP contribution in [0.2, 0.25) is 0 Å². The van der Waals surface area contributed by atoms with Crippen molar-refractivity contribution < 1.29 is 4.39 Å². The molecule has 21 heavy (non-hydrogen) atoms. The third-order valence-electron chi connectivity index (χ3n) is 3.69. The highest BCUT2D eigenvalue weighted by molar-refractivity contribution is 5.33. The number of pyridine rings is 1. The van der Waals surface area contributed by atoms with Gasteiger partial charge in [-0.05, 0) is 31.5 Å². The highest BCUT2D eigenvalue weighted by Gasteiger charge is 2.20. The van der Waals surface area contributed by atoms with Crippen LogP contribution < -0.4 is 5.32 Å². The average molecular weight is 287 g/mol. The Morgan fingerprint density at radius 3 is 3.00 bits per heavy atom. The van der Waals surface area contributed by atoms with Crippen LogP contribution in [0.5, 0.6) is 0 Å². The molecule has 6 heteroatoms. The second-order valence-electron chi connectivity index (χ2n) is 5.28. The standard InChI is InChI=1S/C15H18FN5/c16-14-8-17-5-3-12(14)9-21-7-1-2-13(10-21)20-15-4-6-18-11-19-15/h3-6,8,11,13H,1-2,7,9-10H2,(H,18,19,20). The van der Waals surface area contributed by atoms with Gasteiger partial charge in [-0.1, -0.05) is 0 Å². The number of halogens is 1. The molecule has 1 fully saturated rings. The maximum atomic E-state index is 13.7. The quantitative estimate of drug-likeness (QED) is 0.933. The predicted octanol–water partition coefficient (Wildman–Crippen LogP) is 2.09. The zero-order valence-corrected chi connectivity index (χ0v) is 11.7. The van der Waals surface area contributed by atoms with Gasteiger partial charge >= 0.3 is 0 Å². The Bertz CT molecular complexity index is 577. The fourth-order valence-corrected chi connectivity index (χ4v) is 2.68. The molecule has 0 aliphatic carbocycles. The summed E-state index contributed by atoms with van der Waals surface area (Å²) in [6.45, 7) is 2.49. The third-order valence-corrected chi connectivity index (χ3v) is 3.69. The van der Waals surface area contributed by atoms with Gasteiger partial charge in [0.05, 0.1) is 6.20 Å². The Morgan fingerprint density at radius 2 is 2.19 bits per heavy atom. The number of hydrogen-bond donors (Lipinski definition) is 1. The van der Waals surface area contributed by atoms with Crippen molar-refractivity contribution >= 4 is 5.82 Å². The summed E-state index contributed by atoms with van der Waals surface area (Å²) >= 11 is 0. The van der Waals surface area contributed by atoms with E-state index in [2.05, 4.69) is 25.2 Å². The molecule has 0 amide bonds. The summed E-state index contributed by atoms with van der Waals surface area (Å²) in [5, 5.41) is 3.41. The van der Waals surface area contributed by atoms with Crippen molar-refractivity contribution in [3.8, 4) is 0 Å². The maximum Gasteiger partial charge on any atom is 0.145 e. The zero-order chi connectivity index (χ0) is 14.5. The van der Waals surface area contributed by atoms with E-state index in [0.29, 0.717) is 18.2 Å². The molecule has 1 unspecified atom stereocenters. The molecule has 5 nitrogen and oxygen atoms in total. The minimum Gasteiger partial charge on any atom is -0.366 e. The van der Waals surface area contributed by atoms with E-state index >= 15 is 0 Å². The number of likely N-dealkylation sites (tertiary alicyclic amines) is 1. The Labute approximate surface area is 123 Å². The first-order valence-electron chi connectivity index (χ1n) is 7.14. The van der Waals surface area contributed by atoms with E-state index in [0.717, 1.165) is 31.7 Å². The Kier molecular flexibility index (Phi) is 4.35. The molecule has 1 atom stereocenters. The van der Waals surface area contributed by atoms with Crippen LogP contribution in [0.3, 0.4) is 0 Å². The molecular weight excluding hydrogens is 269 g/mol. The van der Waals surface area contributed by atoms with Crippen LogP contribution in [0.25, 0.3) is 0 Å². The van der Waals surface area contributed by atoms with Crippen molar-refractivity contribution in [1.82, 2.24) is 19.9 Å². The van der Waals surface area contributed by atoms with Crippen LogP contribution in [-0.4, -0.2) is 39.0 Å². The van der Waals surface area contributed by atoms with E-state index < -0.39 is 0 Å². The Balaban J connectivity index is 1.60. The van der Waals surface area contributed by atoms with Crippen molar-refractivity contribution in [2.45, 2.75) is 25.4 Å². The molecule has 1 saturated heterocycles. The molecule has 1 aliphatic rings. The van der Waals surface area contributed by atoms with Crippen molar-refractivity contribution in [3.05, 3.63) is 48.4 Å². The van der Waals surface area contributed by atoms with Crippen LogP contribution in [0.4, 0.5) is 10.2 Å². The third kappa shape index (κ3) is 3.72. The van der Waals surface area contributed by atoms with Gasteiger partial charge in [0.2, 0.25) is 0 Å². The highest BCUT2D eigenvalue weighted by atomic mass is 19.1. The molecule has 0 bridgehead atoms. The minimum absolute atomic E-state index is 0.233. The molecule has 0 saturated carbocycles. The smallest absolute Gasteiger partial charge is 0.145 e. The molecule has 0 spiro atoms. The van der Waals surface area contributed by atoms with Crippen molar-refractivity contribution in [3.63, 3.8) is 0 Å². The van der Waals surface area contributed by atoms with E-state index in [9.17, 15) is 4.39 Å². The van der Waals surface area contributed by atoms with Gasteiger partial charge in [-0.15, -0.1) is 0 Å². The number of hydrogen-bond acceptors (Lipinski definition) is 5. The van der Waals surface area contributed by atoms with Gasteiger partial charge in [0, 0.05) is 37.1 Å². The molecule has 1 aliphatic heterocycles. The summed E-state index contributed by atoms with van der Waals surface area (Å²) in [6.07, 6.45) is 8.36. The van der Waals surface area contributed by atoms with E-state index in [1.807, 2.05) is 6.07 Å². The van der Waals surface area contributed by atoms with Crippen molar-refractivity contribution in [1.29, 1.82) is 0 Å². The summed E-state index contributed by atoms with van der Waals surface area (Å²) < 4.78 is 13.7. The van der Waals surface area contributed by atoms with Crippen LogP contribution >= 0.6 is 0 Å². The van der Waals surface area contributed by atoms with E-state index in [-0.39, 0.29) is 5.82 Å². The first kappa shape index (κ1) is 13.9. The van der Waals surface area contributed by atoms with Gasteiger partial charge in [-0.25, -0.2) is 14.4 Å². The summed E-state index contributed by atoms with van der Waals surface area (Å²) in [5.41, 5.74) is 0.702. The van der Waals surface area contributed by atoms with Crippen molar-refractivity contribution in [2.24, 2.45) is 0 Å². The number of aromatic nitrogens is 3. The first-order valence-corrected chi connectivity index (χ1v) is 7.14. The molecular formula is C15H18FN5. The predicted molar refractivity (Wildman–Crippen MR) is 78.1 cm³/mol.